The summed E-state index contributed by atoms with van der Waals surface area (Å²) in [4.78, 5) is 4.07. The molecule has 1 saturated heterocycles. The third-order valence-electron chi connectivity index (χ3n) is 2.65. The highest BCUT2D eigenvalue weighted by Crippen LogP contribution is 2.23. The van der Waals surface area contributed by atoms with Gasteiger partial charge in [0.2, 0.25) is 0 Å². The topological polar surface area (TPSA) is 29.9 Å². The van der Waals surface area contributed by atoms with E-state index in [9.17, 15) is 0 Å². The predicted octanol–water partition coefficient (Wildman–Crippen LogP) is 1.05. The lowest BCUT2D eigenvalue weighted by Gasteiger charge is -2.30. The fourth-order valence-electron chi connectivity index (χ4n) is 1.91. The maximum atomic E-state index is 4.07. The third kappa shape index (κ3) is 1.37. The second-order valence-corrected chi connectivity index (χ2v) is 3.55. The lowest BCUT2D eigenvalue weighted by atomic mass is 9.95. The van der Waals surface area contributed by atoms with Crippen molar-refractivity contribution in [3.63, 3.8) is 0 Å². The molecule has 0 radical (unpaired) electrons. The number of hydrogen-bond donors (Lipinski definition) is 1. The van der Waals surface area contributed by atoms with E-state index in [0.29, 0.717) is 12.0 Å². The SMILES string of the molecule is CC1CNCCC1n1ccnc1. The quantitative estimate of drug-likeness (QED) is 0.674. The van der Waals surface area contributed by atoms with Crippen molar-refractivity contribution in [3.8, 4) is 0 Å². The molecule has 0 amide bonds. The van der Waals surface area contributed by atoms with Crippen LogP contribution in [0.15, 0.2) is 18.7 Å². The first-order valence-electron chi connectivity index (χ1n) is 4.56. The van der Waals surface area contributed by atoms with E-state index in [1.54, 1.807) is 0 Å². The average Bonchev–Trinajstić information content (AvgIpc) is 2.57. The number of aromatic nitrogens is 2. The highest BCUT2D eigenvalue weighted by Gasteiger charge is 2.21. The Morgan fingerprint density at radius 3 is 3.17 bits per heavy atom. The van der Waals surface area contributed by atoms with Crippen LogP contribution < -0.4 is 5.32 Å². The van der Waals surface area contributed by atoms with Crippen molar-refractivity contribution in [3.05, 3.63) is 18.7 Å². The predicted molar refractivity (Wildman–Crippen MR) is 47.9 cm³/mol. The Morgan fingerprint density at radius 2 is 2.50 bits per heavy atom. The van der Waals surface area contributed by atoms with Crippen LogP contribution in [0.4, 0.5) is 0 Å². The summed E-state index contributed by atoms with van der Waals surface area (Å²) in [5.41, 5.74) is 0. The monoisotopic (exact) mass is 165 g/mol. The molecule has 1 fully saturated rings. The molecule has 0 saturated carbocycles. The van der Waals surface area contributed by atoms with Crippen LogP contribution in [0.2, 0.25) is 0 Å². The van der Waals surface area contributed by atoms with Gasteiger partial charge in [-0.05, 0) is 25.4 Å². The fraction of sp³-hybridized carbons (Fsp3) is 0.667. The summed E-state index contributed by atoms with van der Waals surface area (Å²) >= 11 is 0. The zero-order valence-corrected chi connectivity index (χ0v) is 7.40. The first-order chi connectivity index (χ1) is 5.88. The Bertz CT molecular complexity index is 230. The summed E-state index contributed by atoms with van der Waals surface area (Å²) < 4.78 is 2.23. The van der Waals surface area contributed by atoms with Crippen LogP contribution in [0, 0.1) is 5.92 Å². The second-order valence-electron chi connectivity index (χ2n) is 3.55. The summed E-state index contributed by atoms with van der Waals surface area (Å²) in [6, 6.07) is 0.647. The maximum Gasteiger partial charge on any atom is 0.0948 e. The molecule has 1 aromatic rings. The normalized spacial score (nSPS) is 30.4. The van der Waals surface area contributed by atoms with Gasteiger partial charge in [-0.3, -0.25) is 0 Å². The van der Waals surface area contributed by atoms with Gasteiger partial charge in [-0.1, -0.05) is 6.92 Å². The molecule has 1 aliphatic heterocycles. The van der Waals surface area contributed by atoms with Crippen molar-refractivity contribution < 1.29 is 0 Å². The average molecular weight is 165 g/mol. The van der Waals surface area contributed by atoms with Crippen LogP contribution in [0.5, 0.6) is 0 Å². The van der Waals surface area contributed by atoms with Gasteiger partial charge < -0.3 is 9.88 Å². The molecular formula is C9H15N3. The van der Waals surface area contributed by atoms with E-state index in [-0.39, 0.29) is 0 Å². The number of hydrogen-bond acceptors (Lipinski definition) is 2. The summed E-state index contributed by atoms with van der Waals surface area (Å²) in [6.45, 7) is 4.55. The molecule has 1 aliphatic rings. The van der Waals surface area contributed by atoms with Crippen molar-refractivity contribution in [2.75, 3.05) is 13.1 Å². The molecule has 0 aliphatic carbocycles. The molecule has 1 aromatic heterocycles. The molecule has 1 N–H and O–H groups in total. The smallest absolute Gasteiger partial charge is 0.0948 e. The molecular weight excluding hydrogens is 150 g/mol. The Morgan fingerprint density at radius 1 is 1.58 bits per heavy atom. The summed E-state index contributed by atoms with van der Waals surface area (Å²) in [6.07, 6.45) is 7.06. The van der Waals surface area contributed by atoms with Crippen molar-refractivity contribution in [1.82, 2.24) is 14.9 Å². The number of rotatable bonds is 1. The molecule has 3 heteroatoms. The minimum atomic E-state index is 0.647. The summed E-state index contributed by atoms with van der Waals surface area (Å²) in [7, 11) is 0. The number of imidazole rings is 1. The van der Waals surface area contributed by atoms with Crippen molar-refractivity contribution in [2.24, 2.45) is 5.92 Å². The van der Waals surface area contributed by atoms with Crippen molar-refractivity contribution >= 4 is 0 Å². The molecule has 12 heavy (non-hydrogen) atoms. The molecule has 2 rings (SSSR count). The maximum absolute atomic E-state index is 4.07. The number of piperidine rings is 1. The number of nitrogens with zero attached hydrogens (tertiary/aromatic N) is 2. The Balaban J connectivity index is 2.11. The van der Waals surface area contributed by atoms with Crippen LogP contribution in [0.3, 0.4) is 0 Å². The Kier molecular flexibility index (Phi) is 2.13. The van der Waals surface area contributed by atoms with Gasteiger partial charge in [-0.25, -0.2) is 4.98 Å². The van der Waals surface area contributed by atoms with Gasteiger partial charge in [0, 0.05) is 18.4 Å². The standard InChI is InChI=1S/C9H15N3/c1-8-6-10-3-2-9(8)12-5-4-11-7-12/h4-5,7-10H,2-3,6H2,1H3. The molecule has 0 bridgehead atoms. The van der Waals surface area contributed by atoms with Gasteiger partial charge in [0.1, 0.15) is 0 Å². The lowest BCUT2D eigenvalue weighted by molar-refractivity contribution is 0.273. The molecule has 0 aromatic carbocycles. The Labute approximate surface area is 72.8 Å². The zero-order valence-electron chi connectivity index (χ0n) is 7.40. The van der Waals surface area contributed by atoms with Crippen LogP contribution in [-0.4, -0.2) is 22.6 Å². The van der Waals surface area contributed by atoms with E-state index in [4.69, 9.17) is 0 Å². The van der Waals surface area contributed by atoms with E-state index in [1.165, 1.54) is 6.42 Å². The van der Waals surface area contributed by atoms with E-state index < -0.39 is 0 Å². The van der Waals surface area contributed by atoms with E-state index in [2.05, 4.69) is 28.0 Å². The van der Waals surface area contributed by atoms with Crippen LogP contribution in [0.25, 0.3) is 0 Å². The molecule has 2 unspecified atom stereocenters. The van der Waals surface area contributed by atoms with E-state index in [0.717, 1.165) is 13.1 Å². The van der Waals surface area contributed by atoms with Crippen LogP contribution in [0.1, 0.15) is 19.4 Å². The minimum absolute atomic E-state index is 0.647. The molecule has 0 spiro atoms. The largest absolute Gasteiger partial charge is 0.334 e. The minimum Gasteiger partial charge on any atom is -0.334 e. The lowest BCUT2D eigenvalue weighted by Crippen LogP contribution is -2.35. The first-order valence-corrected chi connectivity index (χ1v) is 4.56. The van der Waals surface area contributed by atoms with Gasteiger partial charge in [0.15, 0.2) is 0 Å². The summed E-state index contributed by atoms with van der Waals surface area (Å²) in [5.74, 6) is 0.716. The summed E-state index contributed by atoms with van der Waals surface area (Å²) in [5, 5.41) is 3.39. The van der Waals surface area contributed by atoms with Crippen LogP contribution in [-0.2, 0) is 0 Å². The van der Waals surface area contributed by atoms with Gasteiger partial charge in [0.05, 0.1) is 6.33 Å². The molecule has 66 valence electrons. The number of nitrogens with one attached hydrogen (secondary N) is 1. The molecule has 2 heterocycles. The highest BCUT2D eigenvalue weighted by atomic mass is 15.1. The molecule has 2 atom stereocenters. The fourth-order valence-corrected chi connectivity index (χ4v) is 1.91. The van der Waals surface area contributed by atoms with Gasteiger partial charge >= 0.3 is 0 Å². The molecule has 3 nitrogen and oxygen atoms in total. The first kappa shape index (κ1) is 7.80. The van der Waals surface area contributed by atoms with Crippen molar-refractivity contribution in [2.45, 2.75) is 19.4 Å². The second kappa shape index (κ2) is 3.27. The van der Waals surface area contributed by atoms with E-state index in [1.807, 2.05) is 12.5 Å². The highest BCUT2D eigenvalue weighted by molar-refractivity contribution is 4.86. The van der Waals surface area contributed by atoms with Crippen LogP contribution >= 0.6 is 0 Å². The Hall–Kier alpha value is -0.830. The van der Waals surface area contributed by atoms with E-state index >= 15 is 0 Å². The van der Waals surface area contributed by atoms with Gasteiger partial charge in [0.25, 0.3) is 0 Å². The van der Waals surface area contributed by atoms with Crippen molar-refractivity contribution in [1.29, 1.82) is 0 Å². The van der Waals surface area contributed by atoms with Gasteiger partial charge in [-0.2, -0.15) is 0 Å². The third-order valence-corrected chi connectivity index (χ3v) is 2.65. The van der Waals surface area contributed by atoms with Gasteiger partial charge in [-0.15, -0.1) is 0 Å². The zero-order chi connectivity index (χ0) is 8.39.